The van der Waals surface area contributed by atoms with Gasteiger partial charge in [-0.05, 0) is 5.62 Å². The van der Waals surface area contributed by atoms with Crippen molar-refractivity contribution in [2.24, 2.45) is 0 Å². The molecule has 1 amide bonds. The minimum Gasteiger partial charge on any atom is -0.746 e. The molecule has 0 aliphatic carbocycles. The van der Waals surface area contributed by atoms with Crippen molar-refractivity contribution in [3.05, 3.63) is 0 Å². The van der Waals surface area contributed by atoms with Gasteiger partial charge >= 0.3 is 17.1 Å². The molecule has 0 unspecified atom stereocenters. The van der Waals surface area contributed by atoms with Crippen LogP contribution < -0.4 is 0 Å². The fourth-order valence-electron chi connectivity index (χ4n) is 0. The van der Waals surface area contributed by atoms with Gasteiger partial charge in [-0.3, -0.25) is 0 Å². The predicted molar refractivity (Wildman–Crippen MR) is 40.6 cm³/mol. The van der Waals surface area contributed by atoms with Crippen LogP contribution in [-0.2, 0) is 47.1 Å². The molecule has 0 saturated heterocycles. The average Bonchev–Trinajstić information content (AvgIpc) is 1.68. The van der Waals surface area contributed by atoms with Crippen LogP contribution in [0.1, 0.15) is 0 Å². The third-order valence-electron chi connectivity index (χ3n) is 0.365. The molecule has 63 valence electrons. The van der Waals surface area contributed by atoms with E-state index >= 15 is 0 Å². The molecule has 1 radical (unpaired) electrons. The fraction of sp³-hybridized carbons (Fsp3) is 0.500. The van der Waals surface area contributed by atoms with E-state index in [4.69, 9.17) is 4.79 Å². The molecule has 10 heavy (non-hydrogen) atoms. The first-order valence-corrected chi connectivity index (χ1v) is 2.88. The minimum absolute atomic E-state index is 0. The maximum absolute atomic E-state index is 9.88. The van der Waals surface area contributed by atoms with Gasteiger partial charge in [-0.1, -0.05) is 0 Å². The molecule has 0 aromatic rings. The molecule has 0 aromatic carbocycles. The summed E-state index contributed by atoms with van der Waals surface area (Å²) in [6.45, 7) is 0. The van der Waals surface area contributed by atoms with Crippen LogP contribution in [0.2, 0.25) is 0 Å². The Balaban J connectivity index is -0.000000107. The molecule has 0 heterocycles. The van der Waals surface area contributed by atoms with Gasteiger partial charge in [-0.25, -0.2) is 0 Å². The molecule has 0 atom stereocenters. The second kappa shape index (κ2) is 11.8. The predicted octanol–water partition coefficient (Wildman–Crippen LogP) is -0.0641. The van der Waals surface area contributed by atoms with Gasteiger partial charge in [0.1, 0.15) is 5.24 Å². The van der Waals surface area contributed by atoms with Crippen LogP contribution in [0.25, 0.3) is 0 Å². The summed E-state index contributed by atoms with van der Waals surface area (Å²) in [5, 5.41) is -0.324. The normalized spacial score (nSPS) is 5.80. The molecule has 0 rings (SSSR count). The third-order valence-corrected chi connectivity index (χ3v) is 0.730. The van der Waals surface area contributed by atoms with E-state index in [0.717, 1.165) is 0 Å². The summed E-state index contributed by atoms with van der Waals surface area (Å²) in [5.41, 5.74) is 0.333. The number of amides is 1. The first-order chi connectivity index (χ1) is 4.06. The first kappa shape index (κ1) is 16.6. The van der Waals surface area contributed by atoms with Crippen LogP contribution in [0.15, 0.2) is 0 Å². The van der Waals surface area contributed by atoms with Crippen LogP contribution in [0.5, 0.6) is 0 Å². The Labute approximate surface area is 81.8 Å². The van der Waals surface area contributed by atoms with Gasteiger partial charge in [0.25, 0.3) is 0 Å². The standard InChI is InChI=1S/C3H7NOS.CH2OS.Cu/c1-4(2)3(5)6;2-1-3;/h1-2H3,(H,5,6);1H,(H,2,3);/q;;+2/p-2. The molecular weight excluding hydrogens is 222 g/mol. The number of rotatable bonds is 0. The van der Waals surface area contributed by atoms with E-state index in [9.17, 15) is 4.79 Å². The van der Waals surface area contributed by atoms with E-state index in [1.165, 1.54) is 4.90 Å². The fourth-order valence-corrected chi connectivity index (χ4v) is 0. The molecule has 0 N–H and O–H groups in total. The molecule has 0 aromatic heterocycles. The monoisotopic (exact) mass is 228 g/mol. The summed E-state index contributed by atoms with van der Waals surface area (Å²) in [6, 6.07) is 0. The Hall–Kier alpha value is 0.0995. The third kappa shape index (κ3) is 24.3. The van der Waals surface area contributed by atoms with Crippen LogP contribution >= 0.6 is 0 Å². The molecule has 3 nitrogen and oxygen atoms in total. The number of hydrogen-bond donors (Lipinski definition) is 0. The van der Waals surface area contributed by atoms with Crippen molar-refractivity contribution in [1.29, 1.82) is 0 Å². The van der Waals surface area contributed by atoms with Crippen molar-refractivity contribution in [2.75, 3.05) is 14.1 Å². The van der Waals surface area contributed by atoms with Gasteiger partial charge in [-0.15, -0.1) is 0 Å². The average molecular weight is 229 g/mol. The number of carbonyl (C=O) groups is 2. The van der Waals surface area contributed by atoms with Gasteiger partial charge in [0.2, 0.25) is 0 Å². The molecule has 0 aliphatic heterocycles. The molecule has 0 aliphatic rings. The SMILES string of the molecule is CN(C)C(=O)[S-].O=C[S-].[Cu+2]. The molecular formula is C4H7CuNO2S2. The summed E-state index contributed by atoms with van der Waals surface area (Å²) in [7, 11) is 3.24. The van der Waals surface area contributed by atoms with Crippen molar-refractivity contribution < 1.29 is 26.7 Å². The molecule has 0 bridgehead atoms. The van der Waals surface area contributed by atoms with E-state index in [0.29, 0.717) is 5.62 Å². The Morgan fingerprint density at radius 2 is 1.60 bits per heavy atom. The van der Waals surface area contributed by atoms with Gasteiger partial charge in [0.15, 0.2) is 0 Å². The van der Waals surface area contributed by atoms with E-state index in [1.807, 2.05) is 0 Å². The Morgan fingerprint density at radius 3 is 1.60 bits per heavy atom. The van der Waals surface area contributed by atoms with E-state index in [1.54, 1.807) is 14.1 Å². The van der Waals surface area contributed by atoms with Crippen molar-refractivity contribution in [1.82, 2.24) is 4.90 Å². The quantitative estimate of drug-likeness (QED) is 0.331. The smallest absolute Gasteiger partial charge is 0.746 e. The van der Waals surface area contributed by atoms with E-state index in [-0.39, 0.29) is 22.3 Å². The zero-order chi connectivity index (χ0) is 7.86. The topological polar surface area (TPSA) is 37.4 Å². The summed E-state index contributed by atoms with van der Waals surface area (Å²) in [4.78, 5) is 19.8. The maximum atomic E-state index is 9.88. The molecule has 6 heteroatoms. The second-order valence-electron chi connectivity index (χ2n) is 1.26. The summed E-state index contributed by atoms with van der Waals surface area (Å²) in [5.74, 6) is 0. The first-order valence-electron chi connectivity index (χ1n) is 2.00. The Morgan fingerprint density at radius 1 is 1.50 bits per heavy atom. The Kier molecular flexibility index (Phi) is 19.6. The van der Waals surface area contributed by atoms with Crippen molar-refractivity contribution >= 4 is 36.1 Å². The maximum Gasteiger partial charge on any atom is 2.00 e. The summed E-state index contributed by atoms with van der Waals surface area (Å²) in [6.07, 6.45) is 0. The Bertz CT molecular complexity index is 99.3. The minimum atomic E-state index is -0.324. The number of hydrogen-bond acceptors (Lipinski definition) is 4. The van der Waals surface area contributed by atoms with Gasteiger partial charge < -0.3 is 39.7 Å². The van der Waals surface area contributed by atoms with Crippen molar-refractivity contribution in [3.63, 3.8) is 0 Å². The van der Waals surface area contributed by atoms with Crippen LogP contribution in [0, 0.1) is 0 Å². The van der Waals surface area contributed by atoms with Gasteiger partial charge in [-0.2, -0.15) is 0 Å². The number of carbonyl (C=O) groups excluding carboxylic acids is 2. The molecule has 0 saturated carbocycles. The summed E-state index contributed by atoms with van der Waals surface area (Å²) < 4.78 is 0. The zero-order valence-corrected chi connectivity index (χ0v) is 8.03. The summed E-state index contributed by atoms with van der Waals surface area (Å²) >= 11 is 7.90. The largest absolute Gasteiger partial charge is 2.00 e. The van der Waals surface area contributed by atoms with Crippen LogP contribution in [0.4, 0.5) is 4.79 Å². The van der Waals surface area contributed by atoms with Crippen LogP contribution in [0.3, 0.4) is 0 Å². The van der Waals surface area contributed by atoms with Gasteiger partial charge in [0, 0.05) is 14.1 Å². The zero-order valence-electron chi connectivity index (χ0n) is 5.46. The molecule has 0 fully saturated rings. The van der Waals surface area contributed by atoms with E-state index < -0.39 is 0 Å². The van der Waals surface area contributed by atoms with Gasteiger partial charge in [0.05, 0.1) is 0 Å². The number of nitrogens with zero attached hydrogens (tertiary/aromatic N) is 1. The second-order valence-corrected chi connectivity index (χ2v) is 1.80. The van der Waals surface area contributed by atoms with Crippen molar-refractivity contribution in [2.45, 2.75) is 0 Å². The van der Waals surface area contributed by atoms with Crippen LogP contribution in [-0.4, -0.2) is 29.9 Å². The molecule has 0 spiro atoms. The van der Waals surface area contributed by atoms with E-state index in [2.05, 4.69) is 25.3 Å². The van der Waals surface area contributed by atoms with Crippen molar-refractivity contribution in [3.8, 4) is 0 Å².